The zero-order chi connectivity index (χ0) is 22.7. The van der Waals surface area contributed by atoms with Crippen LogP contribution in [0.3, 0.4) is 0 Å². The molecule has 4 heterocycles. The smallest absolute Gasteiger partial charge is 0.311 e. The molecule has 0 fully saturated rings. The number of nitrogens with two attached hydrogens (primary N) is 1. The third kappa shape index (κ3) is 4.66. The Bertz CT molecular complexity index is 1250. The molecule has 0 amide bonds. The monoisotopic (exact) mass is 435 g/mol. The zero-order valence-electron chi connectivity index (χ0n) is 18.0. The molecule has 0 bridgehead atoms. The molecule has 0 aliphatic carbocycles. The van der Waals surface area contributed by atoms with Crippen LogP contribution in [0.15, 0.2) is 43.0 Å². The molecule has 0 radical (unpaired) electrons. The topological polar surface area (TPSA) is 142 Å². The molecule has 166 valence electrons. The Morgan fingerprint density at radius 3 is 2.88 bits per heavy atom. The van der Waals surface area contributed by atoms with E-state index in [-0.39, 0.29) is 11.5 Å². The Hall–Kier alpha value is -4.02. The lowest BCUT2D eigenvalue weighted by atomic mass is 10.2. The summed E-state index contributed by atoms with van der Waals surface area (Å²) in [4.78, 5) is 23.6. The van der Waals surface area contributed by atoms with Gasteiger partial charge in [0.1, 0.15) is 5.65 Å². The quantitative estimate of drug-likeness (QED) is 0.232. The van der Waals surface area contributed by atoms with Gasteiger partial charge in [-0.05, 0) is 24.8 Å². The van der Waals surface area contributed by atoms with Crippen molar-refractivity contribution in [2.45, 2.75) is 33.2 Å². The highest BCUT2D eigenvalue weighted by Gasteiger charge is 2.13. The van der Waals surface area contributed by atoms with E-state index < -0.39 is 4.92 Å². The van der Waals surface area contributed by atoms with Crippen LogP contribution in [0.5, 0.6) is 0 Å². The minimum atomic E-state index is -0.532. The van der Waals surface area contributed by atoms with Crippen molar-refractivity contribution in [2.24, 2.45) is 5.92 Å². The lowest BCUT2D eigenvalue weighted by Gasteiger charge is -2.10. The number of fused-ring (bicyclic) bond motifs is 1. The van der Waals surface area contributed by atoms with Gasteiger partial charge in [-0.15, -0.1) is 0 Å². The molecular weight excluding hydrogens is 410 g/mol. The standard InChI is InChI=1S/C21H25N9O2/c1-14(2)12-28-13-15(11-25-28)17-10-19-23-8-9-29(19)21(27-17)24-7-3-4-16-5-6-18(30(31)32)20(22)26-16/h5-6,8-11,13-14H,3-4,7,12H2,1-2H3,(H2,22,26)(H,24,27). The molecule has 0 unspecified atom stereocenters. The molecular formula is C21H25N9O2. The Morgan fingerprint density at radius 1 is 1.28 bits per heavy atom. The van der Waals surface area contributed by atoms with Crippen molar-refractivity contribution in [3.05, 3.63) is 58.8 Å². The number of nitrogen functional groups attached to an aromatic ring is 1. The molecule has 4 rings (SSSR count). The van der Waals surface area contributed by atoms with Crippen LogP contribution >= 0.6 is 0 Å². The summed E-state index contributed by atoms with van der Waals surface area (Å²) in [6.45, 7) is 5.78. The molecule has 0 saturated heterocycles. The average Bonchev–Trinajstić information content (AvgIpc) is 3.39. The van der Waals surface area contributed by atoms with E-state index in [1.165, 1.54) is 6.07 Å². The largest absolute Gasteiger partial charge is 0.378 e. The normalized spacial score (nSPS) is 11.3. The number of aryl methyl sites for hydroxylation is 1. The Labute approximate surface area is 184 Å². The van der Waals surface area contributed by atoms with Crippen LogP contribution in [-0.4, -0.2) is 40.6 Å². The predicted octanol–water partition coefficient (Wildman–Crippen LogP) is 3.18. The number of imidazole rings is 1. The first-order chi connectivity index (χ1) is 15.4. The highest BCUT2D eigenvalue weighted by Crippen LogP contribution is 2.22. The summed E-state index contributed by atoms with van der Waals surface area (Å²) >= 11 is 0. The van der Waals surface area contributed by atoms with E-state index in [4.69, 9.17) is 10.7 Å². The first kappa shape index (κ1) is 21.2. The number of anilines is 2. The van der Waals surface area contributed by atoms with Gasteiger partial charge in [0.15, 0.2) is 0 Å². The number of hydrogen-bond donors (Lipinski definition) is 2. The van der Waals surface area contributed by atoms with Gasteiger partial charge in [0.05, 0.1) is 16.8 Å². The minimum Gasteiger partial charge on any atom is -0.378 e. The van der Waals surface area contributed by atoms with E-state index in [0.717, 1.165) is 29.9 Å². The van der Waals surface area contributed by atoms with Gasteiger partial charge in [-0.2, -0.15) is 5.10 Å². The van der Waals surface area contributed by atoms with Crippen molar-refractivity contribution in [3.63, 3.8) is 0 Å². The Balaban J connectivity index is 1.45. The molecule has 0 aliphatic rings. The third-order valence-corrected chi connectivity index (χ3v) is 4.92. The summed E-state index contributed by atoms with van der Waals surface area (Å²) < 4.78 is 3.82. The van der Waals surface area contributed by atoms with E-state index in [1.54, 1.807) is 12.3 Å². The summed E-state index contributed by atoms with van der Waals surface area (Å²) in [5.41, 5.74) is 8.73. The van der Waals surface area contributed by atoms with E-state index >= 15 is 0 Å². The molecule has 0 atom stereocenters. The summed E-state index contributed by atoms with van der Waals surface area (Å²) in [5, 5.41) is 18.7. The molecule has 11 nitrogen and oxygen atoms in total. The summed E-state index contributed by atoms with van der Waals surface area (Å²) in [7, 11) is 0. The minimum absolute atomic E-state index is 0.0621. The maximum absolute atomic E-state index is 10.9. The van der Waals surface area contributed by atoms with Crippen LogP contribution < -0.4 is 11.1 Å². The van der Waals surface area contributed by atoms with E-state index in [9.17, 15) is 10.1 Å². The zero-order valence-corrected chi connectivity index (χ0v) is 18.0. The maximum Gasteiger partial charge on any atom is 0.311 e. The average molecular weight is 435 g/mol. The van der Waals surface area contributed by atoms with E-state index in [1.807, 2.05) is 33.7 Å². The lowest BCUT2D eigenvalue weighted by molar-refractivity contribution is -0.384. The highest BCUT2D eigenvalue weighted by molar-refractivity contribution is 5.64. The van der Waals surface area contributed by atoms with Crippen LogP contribution in [0.2, 0.25) is 0 Å². The Kier molecular flexibility index (Phi) is 5.97. The van der Waals surface area contributed by atoms with Crippen LogP contribution in [0.4, 0.5) is 17.5 Å². The number of hydrogen-bond acceptors (Lipinski definition) is 8. The van der Waals surface area contributed by atoms with Gasteiger partial charge in [-0.25, -0.2) is 15.0 Å². The molecule has 0 aliphatic heterocycles. The molecule has 32 heavy (non-hydrogen) atoms. The van der Waals surface area contributed by atoms with Gasteiger partial charge in [0, 0.05) is 55.1 Å². The molecule has 0 saturated carbocycles. The molecule has 0 aromatic carbocycles. The lowest BCUT2D eigenvalue weighted by Crippen LogP contribution is -2.10. The number of nitro groups is 1. The van der Waals surface area contributed by atoms with Crippen LogP contribution in [-0.2, 0) is 13.0 Å². The number of rotatable bonds is 9. The first-order valence-corrected chi connectivity index (χ1v) is 10.4. The second-order valence-electron chi connectivity index (χ2n) is 7.96. The van der Waals surface area contributed by atoms with Gasteiger partial charge in [0.2, 0.25) is 11.8 Å². The summed E-state index contributed by atoms with van der Waals surface area (Å²) in [6.07, 6.45) is 8.78. The van der Waals surface area contributed by atoms with E-state index in [2.05, 4.69) is 34.2 Å². The predicted molar refractivity (Wildman–Crippen MR) is 121 cm³/mol. The molecule has 4 aromatic rings. The number of aromatic nitrogens is 6. The van der Waals surface area contributed by atoms with Crippen molar-refractivity contribution in [2.75, 3.05) is 17.6 Å². The van der Waals surface area contributed by atoms with Gasteiger partial charge >= 0.3 is 5.69 Å². The fourth-order valence-corrected chi connectivity index (χ4v) is 3.44. The number of pyridine rings is 1. The summed E-state index contributed by atoms with van der Waals surface area (Å²) in [6, 6.07) is 4.96. The van der Waals surface area contributed by atoms with Crippen LogP contribution in [0, 0.1) is 16.0 Å². The van der Waals surface area contributed by atoms with Crippen LogP contribution in [0.1, 0.15) is 26.0 Å². The SMILES string of the molecule is CC(C)Cn1cc(-c2cc3nccn3c(NCCCc3ccc([N+](=O)[O-])c(N)n3)n2)cn1. The summed E-state index contributed by atoms with van der Waals surface area (Å²) in [5.74, 6) is 1.12. The fraction of sp³-hybridized carbons (Fsp3) is 0.333. The second kappa shape index (κ2) is 9.00. The maximum atomic E-state index is 10.9. The van der Waals surface area contributed by atoms with Gasteiger partial charge in [-0.3, -0.25) is 19.2 Å². The van der Waals surface area contributed by atoms with Crippen molar-refractivity contribution in [1.29, 1.82) is 0 Å². The third-order valence-electron chi connectivity index (χ3n) is 4.92. The van der Waals surface area contributed by atoms with Crippen LogP contribution in [0.25, 0.3) is 16.9 Å². The van der Waals surface area contributed by atoms with Crippen molar-refractivity contribution in [3.8, 4) is 11.3 Å². The Morgan fingerprint density at radius 2 is 2.12 bits per heavy atom. The number of nitrogens with zero attached hydrogens (tertiary/aromatic N) is 7. The van der Waals surface area contributed by atoms with E-state index in [0.29, 0.717) is 30.5 Å². The first-order valence-electron chi connectivity index (χ1n) is 10.4. The molecule has 0 spiro atoms. The molecule has 11 heteroatoms. The molecule has 4 aromatic heterocycles. The van der Waals surface area contributed by atoms with Crippen molar-refractivity contribution < 1.29 is 4.92 Å². The highest BCUT2D eigenvalue weighted by atomic mass is 16.6. The number of nitrogens with one attached hydrogen (secondary N) is 1. The second-order valence-corrected chi connectivity index (χ2v) is 7.96. The van der Waals surface area contributed by atoms with Gasteiger partial charge in [-0.1, -0.05) is 13.8 Å². The fourth-order valence-electron chi connectivity index (χ4n) is 3.44. The van der Waals surface area contributed by atoms with Crippen molar-refractivity contribution >= 4 is 23.1 Å². The molecule has 3 N–H and O–H groups in total. The van der Waals surface area contributed by atoms with Crippen molar-refractivity contribution in [1.82, 2.24) is 29.1 Å². The van der Waals surface area contributed by atoms with Gasteiger partial charge < -0.3 is 11.1 Å². The van der Waals surface area contributed by atoms with Gasteiger partial charge in [0.25, 0.3) is 0 Å².